The van der Waals surface area contributed by atoms with E-state index in [1.807, 2.05) is 0 Å². The minimum atomic E-state index is -1.09. The molecular formula is C17H10FNO3S2. The lowest BCUT2D eigenvalue weighted by atomic mass is 10.1. The van der Waals surface area contributed by atoms with Crippen molar-refractivity contribution in [1.82, 2.24) is 0 Å². The second-order valence-corrected chi connectivity index (χ2v) is 6.54. The zero-order valence-electron chi connectivity index (χ0n) is 12.1. The van der Waals surface area contributed by atoms with Gasteiger partial charge in [-0.1, -0.05) is 54.3 Å². The molecule has 1 aliphatic heterocycles. The monoisotopic (exact) mass is 359 g/mol. The van der Waals surface area contributed by atoms with Gasteiger partial charge in [-0.15, -0.1) is 0 Å². The summed E-state index contributed by atoms with van der Waals surface area (Å²) in [5.41, 5.74) is 0.544. The van der Waals surface area contributed by atoms with E-state index in [1.165, 1.54) is 30.3 Å². The largest absolute Gasteiger partial charge is 0.478 e. The maximum absolute atomic E-state index is 14.0. The van der Waals surface area contributed by atoms with Gasteiger partial charge in [0.05, 0.1) is 16.2 Å². The van der Waals surface area contributed by atoms with Crippen LogP contribution in [0.5, 0.6) is 0 Å². The molecule has 0 spiro atoms. The van der Waals surface area contributed by atoms with Crippen LogP contribution in [0.1, 0.15) is 15.9 Å². The molecule has 1 amide bonds. The maximum Gasteiger partial charge on any atom is 0.336 e. The van der Waals surface area contributed by atoms with Crippen molar-refractivity contribution in [3.05, 3.63) is 70.4 Å². The Labute approximate surface area is 146 Å². The van der Waals surface area contributed by atoms with E-state index in [9.17, 15) is 19.1 Å². The van der Waals surface area contributed by atoms with E-state index >= 15 is 0 Å². The highest BCUT2D eigenvalue weighted by atomic mass is 32.2. The molecule has 0 unspecified atom stereocenters. The Hall–Kier alpha value is -2.51. The molecule has 4 nitrogen and oxygen atoms in total. The number of carboxylic acid groups (broad SMARTS) is 1. The van der Waals surface area contributed by atoms with Crippen molar-refractivity contribution >= 4 is 51.9 Å². The van der Waals surface area contributed by atoms with Crippen molar-refractivity contribution in [2.75, 3.05) is 4.90 Å². The minimum absolute atomic E-state index is 0.0775. The summed E-state index contributed by atoms with van der Waals surface area (Å²) in [4.78, 5) is 25.2. The van der Waals surface area contributed by atoms with Crippen LogP contribution < -0.4 is 4.90 Å². The summed E-state index contributed by atoms with van der Waals surface area (Å²) in [6.45, 7) is 0. The summed E-state index contributed by atoms with van der Waals surface area (Å²) in [6, 6.07) is 12.2. The summed E-state index contributed by atoms with van der Waals surface area (Å²) in [7, 11) is 0. The number of carboxylic acids is 1. The van der Waals surface area contributed by atoms with Crippen molar-refractivity contribution in [3.8, 4) is 0 Å². The fraction of sp³-hybridized carbons (Fsp3) is 0. The second kappa shape index (κ2) is 6.54. The van der Waals surface area contributed by atoms with Crippen LogP contribution >= 0.6 is 24.0 Å². The molecule has 24 heavy (non-hydrogen) atoms. The molecule has 2 aromatic rings. The third kappa shape index (κ3) is 2.95. The van der Waals surface area contributed by atoms with Crippen LogP contribution in [0.4, 0.5) is 10.1 Å². The third-order valence-electron chi connectivity index (χ3n) is 3.36. The summed E-state index contributed by atoms with van der Waals surface area (Å²) < 4.78 is 14.2. The number of para-hydroxylation sites is 1. The highest BCUT2D eigenvalue weighted by Gasteiger charge is 2.34. The Kier molecular flexibility index (Phi) is 4.46. The second-order valence-electron chi connectivity index (χ2n) is 4.86. The standard InChI is InChI=1S/C17H10FNO3S2/c18-12-7-3-4-8-13(12)19-15(20)14(24-17(19)23)9-10-5-1-2-6-11(10)16(21)22/h1-9H,(H,21,22)/b14-9-. The van der Waals surface area contributed by atoms with E-state index < -0.39 is 17.7 Å². The van der Waals surface area contributed by atoms with Gasteiger partial charge in [0.15, 0.2) is 4.32 Å². The summed E-state index contributed by atoms with van der Waals surface area (Å²) >= 11 is 6.19. The quantitative estimate of drug-likeness (QED) is 0.665. The molecule has 1 saturated heterocycles. The molecule has 7 heteroatoms. The van der Waals surface area contributed by atoms with E-state index in [2.05, 4.69) is 0 Å². The van der Waals surface area contributed by atoms with Crippen LogP contribution in [0.2, 0.25) is 0 Å². The molecular weight excluding hydrogens is 349 g/mol. The van der Waals surface area contributed by atoms with Crippen molar-refractivity contribution in [3.63, 3.8) is 0 Å². The predicted molar refractivity (Wildman–Crippen MR) is 95.5 cm³/mol. The minimum Gasteiger partial charge on any atom is -0.478 e. The van der Waals surface area contributed by atoms with Crippen LogP contribution in [0.25, 0.3) is 6.08 Å². The first-order chi connectivity index (χ1) is 11.5. The van der Waals surface area contributed by atoms with Gasteiger partial charge in [-0.05, 0) is 29.8 Å². The molecule has 0 radical (unpaired) electrons. The number of hydrogen-bond donors (Lipinski definition) is 1. The van der Waals surface area contributed by atoms with Crippen molar-refractivity contribution in [2.45, 2.75) is 0 Å². The number of halogens is 1. The first-order valence-corrected chi connectivity index (χ1v) is 8.06. The Morgan fingerprint density at radius 2 is 1.83 bits per heavy atom. The Morgan fingerprint density at radius 3 is 2.54 bits per heavy atom. The molecule has 2 aromatic carbocycles. The van der Waals surface area contributed by atoms with E-state index in [0.29, 0.717) is 5.56 Å². The third-order valence-corrected chi connectivity index (χ3v) is 4.67. The first kappa shape index (κ1) is 16.4. The molecule has 1 aliphatic rings. The lowest BCUT2D eigenvalue weighted by Crippen LogP contribution is -2.28. The van der Waals surface area contributed by atoms with Crippen molar-refractivity contribution in [2.24, 2.45) is 0 Å². The molecule has 1 heterocycles. The molecule has 0 bridgehead atoms. The number of carbonyl (C=O) groups excluding carboxylic acids is 1. The number of carbonyl (C=O) groups is 2. The van der Waals surface area contributed by atoms with Crippen LogP contribution in [-0.2, 0) is 4.79 Å². The fourth-order valence-electron chi connectivity index (χ4n) is 2.27. The SMILES string of the molecule is O=C(O)c1ccccc1/C=C1\SC(=S)N(c2ccccc2F)C1=O. The number of amides is 1. The van der Waals surface area contributed by atoms with Gasteiger partial charge < -0.3 is 5.11 Å². The number of anilines is 1. The number of rotatable bonds is 3. The molecule has 0 aliphatic carbocycles. The average Bonchev–Trinajstić information content (AvgIpc) is 2.82. The van der Waals surface area contributed by atoms with Gasteiger partial charge >= 0.3 is 5.97 Å². The van der Waals surface area contributed by atoms with Gasteiger partial charge in [0.1, 0.15) is 5.82 Å². The molecule has 3 rings (SSSR count). The number of thiocarbonyl (C=S) groups is 1. The Bertz CT molecular complexity index is 895. The number of thioether (sulfide) groups is 1. The number of aromatic carboxylic acids is 1. The van der Waals surface area contributed by atoms with Crippen LogP contribution in [-0.4, -0.2) is 21.3 Å². The van der Waals surface area contributed by atoms with Gasteiger partial charge in [-0.25, -0.2) is 9.18 Å². The molecule has 0 aromatic heterocycles. The first-order valence-electron chi connectivity index (χ1n) is 6.84. The van der Waals surface area contributed by atoms with E-state index in [0.717, 1.165) is 16.7 Å². The maximum atomic E-state index is 14.0. The van der Waals surface area contributed by atoms with Gasteiger partial charge in [0.2, 0.25) is 0 Å². The van der Waals surface area contributed by atoms with Gasteiger partial charge in [-0.3, -0.25) is 9.69 Å². The predicted octanol–water partition coefficient (Wildman–Crippen LogP) is 3.93. The average molecular weight is 359 g/mol. The van der Waals surface area contributed by atoms with Crippen LogP contribution in [0.15, 0.2) is 53.4 Å². The lowest BCUT2D eigenvalue weighted by molar-refractivity contribution is -0.113. The number of nitrogens with zero attached hydrogens (tertiary/aromatic N) is 1. The molecule has 0 atom stereocenters. The summed E-state index contributed by atoms with van der Waals surface area (Å²) in [5, 5.41) is 9.22. The van der Waals surface area contributed by atoms with Crippen molar-refractivity contribution in [1.29, 1.82) is 0 Å². The topological polar surface area (TPSA) is 57.6 Å². The summed E-state index contributed by atoms with van der Waals surface area (Å²) in [6.07, 6.45) is 1.46. The zero-order chi connectivity index (χ0) is 17.3. The molecule has 1 fully saturated rings. The van der Waals surface area contributed by atoms with Crippen molar-refractivity contribution < 1.29 is 19.1 Å². The normalized spacial score (nSPS) is 16.0. The highest BCUT2D eigenvalue weighted by Crippen LogP contribution is 2.37. The Morgan fingerprint density at radius 1 is 1.17 bits per heavy atom. The van der Waals surface area contributed by atoms with Gasteiger partial charge in [0.25, 0.3) is 5.91 Å². The van der Waals surface area contributed by atoms with Gasteiger partial charge in [-0.2, -0.15) is 0 Å². The molecule has 120 valence electrons. The smallest absolute Gasteiger partial charge is 0.336 e. The van der Waals surface area contributed by atoms with Crippen LogP contribution in [0.3, 0.4) is 0 Å². The van der Waals surface area contributed by atoms with Gasteiger partial charge in [0, 0.05) is 0 Å². The van der Waals surface area contributed by atoms with Crippen LogP contribution in [0, 0.1) is 5.82 Å². The molecule has 0 saturated carbocycles. The highest BCUT2D eigenvalue weighted by molar-refractivity contribution is 8.27. The number of benzene rings is 2. The molecule has 1 N–H and O–H groups in total. The summed E-state index contributed by atoms with van der Waals surface area (Å²) in [5.74, 6) is -2.12. The Balaban J connectivity index is 2.01. The number of hydrogen-bond acceptors (Lipinski definition) is 4. The zero-order valence-corrected chi connectivity index (χ0v) is 13.7. The van der Waals surface area contributed by atoms with E-state index in [4.69, 9.17) is 12.2 Å². The lowest BCUT2D eigenvalue weighted by Gasteiger charge is -2.14. The van der Waals surface area contributed by atoms with E-state index in [-0.39, 0.29) is 20.5 Å². The fourth-order valence-corrected chi connectivity index (χ4v) is 3.54. The van der Waals surface area contributed by atoms with E-state index in [1.54, 1.807) is 24.3 Å².